The van der Waals surface area contributed by atoms with E-state index in [-0.39, 0.29) is 48.8 Å². The molecule has 0 aromatic carbocycles. The van der Waals surface area contributed by atoms with E-state index in [1.54, 1.807) is 33.0 Å². The number of ether oxygens (including phenoxy) is 1. The van der Waals surface area contributed by atoms with Gasteiger partial charge in [-0.3, -0.25) is 9.30 Å². The average molecular weight is 647 g/mol. The van der Waals surface area contributed by atoms with Gasteiger partial charge in [-0.25, -0.2) is 19.6 Å². The largest absolute Gasteiger partial charge is 0.465 e. The number of piperidine rings is 1. The molecular formula is C30H37F3N8O5. The molecule has 0 radical (unpaired) electrons. The van der Waals surface area contributed by atoms with Gasteiger partial charge in [0.05, 0.1) is 31.1 Å². The molecule has 0 saturated carbocycles. The Kier molecular flexibility index (Phi) is 8.77. The third kappa shape index (κ3) is 6.80. The molecule has 1 fully saturated rings. The number of halogens is 3. The van der Waals surface area contributed by atoms with Gasteiger partial charge >= 0.3 is 18.4 Å². The molecule has 248 valence electrons. The Morgan fingerprint density at radius 3 is 2.57 bits per heavy atom. The molecule has 46 heavy (non-hydrogen) atoms. The van der Waals surface area contributed by atoms with Gasteiger partial charge in [-0.15, -0.1) is 0 Å². The molecule has 1 aliphatic rings. The summed E-state index contributed by atoms with van der Waals surface area (Å²) in [4.78, 5) is 36.3. The molecule has 0 bridgehead atoms. The van der Waals surface area contributed by atoms with Crippen LogP contribution in [0.5, 0.6) is 0 Å². The lowest BCUT2D eigenvalue weighted by Gasteiger charge is -2.34. The van der Waals surface area contributed by atoms with Gasteiger partial charge in [0.25, 0.3) is 0 Å². The summed E-state index contributed by atoms with van der Waals surface area (Å²) in [5.74, 6) is 0.0128. The first-order valence-corrected chi connectivity index (χ1v) is 14.9. The van der Waals surface area contributed by atoms with Crippen molar-refractivity contribution >= 4 is 35.1 Å². The number of nitrogens with one attached hydrogen (secondary N) is 1. The number of carboxylic acid groups (broad SMARTS) is 1. The maximum absolute atomic E-state index is 14.4. The number of nitrogens with zero attached hydrogens (tertiary/aromatic N) is 7. The van der Waals surface area contributed by atoms with Crippen LogP contribution in [0.3, 0.4) is 0 Å². The second-order valence-electron chi connectivity index (χ2n) is 12.6. The molecule has 1 aliphatic heterocycles. The topological polar surface area (TPSA) is 150 Å². The zero-order valence-corrected chi connectivity index (χ0v) is 26.1. The average Bonchev–Trinajstić information content (AvgIpc) is 3.55. The van der Waals surface area contributed by atoms with E-state index in [2.05, 4.69) is 15.4 Å². The fraction of sp³-hybridized carbons (Fsp3) is 0.500. The van der Waals surface area contributed by atoms with Crippen molar-refractivity contribution in [2.45, 2.75) is 71.4 Å². The summed E-state index contributed by atoms with van der Waals surface area (Å²) in [5.41, 5.74) is -1.24. The van der Waals surface area contributed by atoms with E-state index in [1.807, 2.05) is 13.8 Å². The van der Waals surface area contributed by atoms with Gasteiger partial charge in [0.2, 0.25) is 0 Å². The predicted octanol–water partition coefficient (Wildman–Crippen LogP) is 5.23. The minimum atomic E-state index is -4.79. The number of anilines is 2. The Morgan fingerprint density at radius 1 is 1.20 bits per heavy atom. The SMILES string of the molecule is CC(C)c1cnn2c(N(Cc3nc4ccccn4c3C(F)(F)F)C(=O)OC(C)(C)C)cc(NCC3CCN(C(=O)O)CC3O)nc12. The van der Waals surface area contributed by atoms with Crippen LogP contribution >= 0.6 is 0 Å². The summed E-state index contributed by atoms with van der Waals surface area (Å²) in [6, 6.07) is 5.96. The quantitative estimate of drug-likeness (QED) is 0.245. The Bertz CT molecular complexity index is 1750. The van der Waals surface area contributed by atoms with E-state index in [0.717, 1.165) is 19.8 Å². The summed E-state index contributed by atoms with van der Waals surface area (Å²) in [7, 11) is 0. The molecular weight excluding hydrogens is 609 g/mol. The predicted molar refractivity (Wildman–Crippen MR) is 162 cm³/mol. The second kappa shape index (κ2) is 12.3. The number of β-amino-alcohol motifs (C(OH)–C–C–N with tert-alkyl or cyclic N) is 1. The molecule has 2 unspecified atom stereocenters. The number of imidazole rings is 1. The first kappa shape index (κ1) is 32.8. The van der Waals surface area contributed by atoms with Crippen LogP contribution in [-0.4, -0.2) is 82.6 Å². The maximum Gasteiger partial charge on any atom is 0.433 e. The number of fused-ring (bicyclic) bond motifs is 2. The zero-order valence-electron chi connectivity index (χ0n) is 26.1. The molecule has 4 aromatic heterocycles. The summed E-state index contributed by atoms with van der Waals surface area (Å²) in [6.45, 7) is 8.65. The normalized spacial score (nSPS) is 17.6. The molecule has 2 amide bonds. The fourth-order valence-electron chi connectivity index (χ4n) is 5.44. The van der Waals surface area contributed by atoms with Gasteiger partial charge in [-0.05, 0) is 45.2 Å². The first-order valence-electron chi connectivity index (χ1n) is 14.9. The summed E-state index contributed by atoms with van der Waals surface area (Å²) in [6.07, 6.45) is -4.49. The van der Waals surface area contributed by atoms with Gasteiger partial charge in [0.15, 0.2) is 11.3 Å². The highest BCUT2D eigenvalue weighted by Crippen LogP contribution is 2.35. The van der Waals surface area contributed by atoms with Crippen molar-refractivity contribution in [2.24, 2.45) is 5.92 Å². The lowest BCUT2D eigenvalue weighted by Crippen LogP contribution is -2.47. The minimum absolute atomic E-state index is 0.0352. The Hall–Kier alpha value is -4.60. The molecule has 4 aromatic rings. The summed E-state index contributed by atoms with van der Waals surface area (Å²) in [5, 5.41) is 27.5. The van der Waals surface area contributed by atoms with Crippen molar-refractivity contribution in [3.8, 4) is 0 Å². The van der Waals surface area contributed by atoms with Crippen LogP contribution in [-0.2, 0) is 17.5 Å². The second-order valence-corrected chi connectivity index (χ2v) is 12.6. The zero-order chi connectivity index (χ0) is 33.6. The van der Waals surface area contributed by atoms with E-state index < -0.39 is 48.0 Å². The number of hydrogen-bond donors (Lipinski definition) is 3. The van der Waals surface area contributed by atoms with Gasteiger partial charge in [-0.1, -0.05) is 19.9 Å². The van der Waals surface area contributed by atoms with Crippen LogP contribution in [0.15, 0.2) is 36.7 Å². The van der Waals surface area contributed by atoms with Crippen molar-refractivity contribution in [1.29, 1.82) is 0 Å². The minimum Gasteiger partial charge on any atom is -0.465 e. The fourth-order valence-corrected chi connectivity index (χ4v) is 5.44. The number of aliphatic hydroxyl groups excluding tert-OH is 1. The Labute approximate surface area is 262 Å². The highest BCUT2D eigenvalue weighted by atomic mass is 19.4. The van der Waals surface area contributed by atoms with Crippen LogP contribution in [0.2, 0.25) is 0 Å². The lowest BCUT2D eigenvalue weighted by molar-refractivity contribution is -0.142. The maximum atomic E-state index is 14.4. The van der Waals surface area contributed by atoms with E-state index in [9.17, 15) is 33.0 Å². The smallest absolute Gasteiger partial charge is 0.433 e. The first-order chi connectivity index (χ1) is 21.5. The molecule has 5 rings (SSSR count). The molecule has 16 heteroatoms. The number of alkyl halides is 3. The molecule has 0 spiro atoms. The number of pyridine rings is 1. The van der Waals surface area contributed by atoms with Crippen molar-refractivity contribution in [2.75, 3.05) is 29.9 Å². The number of carbonyl (C=O) groups excluding carboxylic acids is 1. The number of hydrogen-bond acceptors (Lipinski definition) is 8. The lowest BCUT2D eigenvalue weighted by atomic mass is 9.94. The molecule has 1 saturated heterocycles. The number of amides is 2. The monoisotopic (exact) mass is 646 g/mol. The highest BCUT2D eigenvalue weighted by molar-refractivity contribution is 5.88. The number of aromatic nitrogens is 5. The van der Waals surface area contributed by atoms with E-state index in [1.165, 1.54) is 28.9 Å². The molecule has 2 atom stereocenters. The number of likely N-dealkylation sites (tertiary alicyclic amines) is 1. The van der Waals surface area contributed by atoms with Gasteiger partial charge in [0.1, 0.15) is 22.9 Å². The van der Waals surface area contributed by atoms with Crippen LogP contribution < -0.4 is 10.2 Å². The number of carbonyl (C=O) groups is 2. The van der Waals surface area contributed by atoms with Crippen molar-refractivity contribution in [3.05, 3.63) is 53.6 Å². The van der Waals surface area contributed by atoms with Gasteiger partial charge in [0, 0.05) is 36.8 Å². The van der Waals surface area contributed by atoms with Crippen molar-refractivity contribution in [1.82, 2.24) is 28.9 Å². The van der Waals surface area contributed by atoms with E-state index >= 15 is 0 Å². The van der Waals surface area contributed by atoms with Crippen molar-refractivity contribution < 1.29 is 37.7 Å². The van der Waals surface area contributed by atoms with Crippen LogP contribution in [0.1, 0.15) is 63.9 Å². The van der Waals surface area contributed by atoms with Crippen molar-refractivity contribution in [3.63, 3.8) is 0 Å². The molecule has 0 aliphatic carbocycles. The third-order valence-corrected chi connectivity index (χ3v) is 7.71. The standard InChI is InChI=1S/C30H37F3N8O5/c1-17(2)19-14-35-41-24(12-22(37-26(19)41)34-13-18-9-11-38(27(43)44)16-21(18)42)40(28(45)46-29(3,4)5)15-20-25(30(31,32)33)39-10-7-6-8-23(39)36-20/h6-8,10,12,14,17-18,21,42H,9,11,13,15-16H2,1-5H3,(H,34,37)(H,43,44). The van der Waals surface area contributed by atoms with Gasteiger partial charge in [-0.2, -0.15) is 22.8 Å². The van der Waals surface area contributed by atoms with E-state index in [0.29, 0.717) is 12.1 Å². The van der Waals surface area contributed by atoms with Crippen LogP contribution in [0.4, 0.5) is 34.4 Å². The molecule has 13 nitrogen and oxygen atoms in total. The summed E-state index contributed by atoms with van der Waals surface area (Å²) >= 11 is 0. The molecule has 5 heterocycles. The Balaban J connectivity index is 1.59. The number of aliphatic hydroxyl groups is 1. The van der Waals surface area contributed by atoms with Crippen LogP contribution in [0, 0.1) is 5.92 Å². The van der Waals surface area contributed by atoms with Gasteiger partial charge < -0.3 is 25.2 Å². The third-order valence-electron chi connectivity index (χ3n) is 7.71. The van der Waals surface area contributed by atoms with E-state index in [4.69, 9.17) is 9.72 Å². The number of rotatable bonds is 7. The van der Waals surface area contributed by atoms with Crippen LogP contribution in [0.25, 0.3) is 11.3 Å². The summed E-state index contributed by atoms with van der Waals surface area (Å²) < 4.78 is 51.3. The highest BCUT2D eigenvalue weighted by Gasteiger charge is 2.40. The molecule has 3 N–H and O–H groups in total. The Morgan fingerprint density at radius 2 is 1.93 bits per heavy atom.